The lowest BCUT2D eigenvalue weighted by atomic mass is 9.90. The van der Waals surface area contributed by atoms with Gasteiger partial charge in [-0.25, -0.2) is 0 Å². The molecular formula is C49H32S. The van der Waals surface area contributed by atoms with Gasteiger partial charge in [0.25, 0.3) is 0 Å². The molecule has 0 spiro atoms. The minimum absolute atomic E-state index is 1.00. The third-order valence-corrected chi connectivity index (χ3v) is 11.5. The molecule has 0 saturated carbocycles. The monoisotopic (exact) mass is 652 g/mol. The predicted molar refractivity (Wildman–Crippen MR) is 215 cm³/mol. The highest BCUT2D eigenvalue weighted by Crippen LogP contribution is 2.47. The number of hydrogen-bond donors (Lipinski definition) is 0. The first kappa shape index (κ1) is 28.9. The van der Waals surface area contributed by atoms with Crippen molar-refractivity contribution >= 4 is 31.5 Å². The Morgan fingerprint density at radius 1 is 0.300 bits per heavy atom. The summed E-state index contributed by atoms with van der Waals surface area (Å²) in [6.45, 7) is 0. The van der Waals surface area contributed by atoms with Crippen LogP contribution >= 0.6 is 11.3 Å². The quantitative estimate of drug-likeness (QED) is 0.174. The summed E-state index contributed by atoms with van der Waals surface area (Å²) in [5, 5.41) is 2.61. The number of fused-ring (bicyclic) bond motifs is 6. The van der Waals surface area contributed by atoms with Crippen LogP contribution in [0.25, 0.3) is 86.9 Å². The number of thiophene rings is 1. The topological polar surface area (TPSA) is 0 Å². The van der Waals surface area contributed by atoms with E-state index in [0.717, 1.165) is 6.42 Å². The van der Waals surface area contributed by atoms with Crippen molar-refractivity contribution < 1.29 is 0 Å². The molecule has 9 aromatic rings. The maximum absolute atomic E-state index is 2.44. The van der Waals surface area contributed by atoms with Crippen LogP contribution in [0, 0.1) is 0 Å². The standard InChI is InChI=1S/C49H32S/c1-3-13-32(14-4-1)39-18-9-11-20-41(39)36-25-26-48-46(29-36)47-31-38(43-22-12-10-19-40(43)33-15-5-2-6-16-33)30-45(49(47)50-48)37-24-23-35-27-34-17-7-8-21-42(34)44(35)28-37/h1-26,28-31H,27H2. The molecule has 234 valence electrons. The second kappa shape index (κ2) is 11.8. The molecule has 0 atom stereocenters. The van der Waals surface area contributed by atoms with Crippen LogP contribution in [0.2, 0.25) is 0 Å². The summed E-state index contributed by atoms with van der Waals surface area (Å²) in [6, 6.07) is 67.1. The third-order valence-electron chi connectivity index (χ3n) is 10.3. The van der Waals surface area contributed by atoms with Crippen molar-refractivity contribution in [3.63, 3.8) is 0 Å². The van der Waals surface area contributed by atoms with Crippen molar-refractivity contribution in [2.24, 2.45) is 0 Å². The zero-order valence-electron chi connectivity index (χ0n) is 27.4. The van der Waals surface area contributed by atoms with Crippen molar-refractivity contribution in [2.75, 3.05) is 0 Å². The van der Waals surface area contributed by atoms with Crippen molar-refractivity contribution in [1.29, 1.82) is 0 Å². The highest BCUT2D eigenvalue weighted by molar-refractivity contribution is 7.26. The molecule has 0 radical (unpaired) electrons. The van der Waals surface area contributed by atoms with E-state index in [-0.39, 0.29) is 0 Å². The van der Waals surface area contributed by atoms with E-state index < -0.39 is 0 Å². The molecular weight excluding hydrogens is 621 g/mol. The molecule has 0 nitrogen and oxygen atoms in total. The van der Waals surface area contributed by atoms with Gasteiger partial charge in [-0.15, -0.1) is 11.3 Å². The highest BCUT2D eigenvalue weighted by Gasteiger charge is 2.21. The normalized spacial score (nSPS) is 11.9. The minimum Gasteiger partial charge on any atom is -0.135 e. The molecule has 1 aliphatic rings. The molecule has 0 fully saturated rings. The van der Waals surface area contributed by atoms with Gasteiger partial charge in [0, 0.05) is 25.7 Å². The van der Waals surface area contributed by atoms with Crippen LogP contribution < -0.4 is 0 Å². The van der Waals surface area contributed by atoms with Gasteiger partial charge >= 0.3 is 0 Å². The predicted octanol–water partition coefficient (Wildman–Crippen LogP) is 14.0. The molecule has 0 N–H and O–H groups in total. The Bertz CT molecular complexity index is 2710. The van der Waals surface area contributed by atoms with E-state index in [0.29, 0.717) is 0 Å². The van der Waals surface area contributed by atoms with Crippen LogP contribution in [0.3, 0.4) is 0 Å². The highest BCUT2D eigenvalue weighted by atomic mass is 32.1. The van der Waals surface area contributed by atoms with Gasteiger partial charge in [-0.1, -0.05) is 152 Å². The first-order valence-corrected chi connectivity index (χ1v) is 18.1. The van der Waals surface area contributed by atoms with E-state index in [2.05, 4.69) is 182 Å². The van der Waals surface area contributed by atoms with Crippen LogP contribution in [0.5, 0.6) is 0 Å². The van der Waals surface area contributed by atoms with Gasteiger partial charge in [0.2, 0.25) is 0 Å². The molecule has 50 heavy (non-hydrogen) atoms. The number of hydrogen-bond acceptors (Lipinski definition) is 1. The van der Waals surface area contributed by atoms with Crippen LogP contribution in [-0.4, -0.2) is 0 Å². The zero-order valence-corrected chi connectivity index (χ0v) is 28.3. The van der Waals surface area contributed by atoms with Crippen LogP contribution in [0.15, 0.2) is 182 Å². The van der Waals surface area contributed by atoms with E-state index in [1.807, 2.05) is 11.3 Å². The lowest BCUT2D eigenvalue weighted by molar-refractivity contribution is 1.26. The molecule has 1 heteroatoms. The lowest BCUT2D eigenvalue weighted by Crippen LogP contribution is -1.88. The van der Waals surface area contributed by atoms with E-state index >= 15 is 0 Å². The maximum atomic E-state index is 2.44. The first-order chi connectivity index (χ1) is 24.8. The first-order valence-electron chi connectivity index (χ1n) is 17.3. The molecule has 10 rings (SSSR count). The van der Waals surface area contributed by atoms with Gasteiger partial charge in [-0.2, -0.15) is 0 Å². The molecule has 1 aromatic heterocycles. The van der Waals surface area contributed by atoms with Gasteiger partial charge in [0.15, 0.2) is 0 Å². The summed E-state index contributed by atoms with van der Waals surface area (Å²) >= 11 is 1.91. The largest absolute Gasteiger partial charge is 0.135 e. The Morgan fingerprint density at radius 2 is 0.780 bits per heavy atom. The number of rotatable bonds is 5. The van der Waals surface area contributed by atoms with E-state index in [4.69, 9.17) is 0 Å². The van der Waals surface area contributed by atoms with Gasteiger partial charge in [0.1, 0.15) is 0 Å². The zero-order chi connectivity index (χ0) is 33.0. The fraction of sp³-hybridized carbons (Fsp3) is 0.0204. The van der Waals surface area contributed by atoms with Crippen molar-refractivity contribution in [3.05, 3.63) is 193 Å². The SMILES string of the molecule is c1ccc(-c2ccccc2-c2ccc3sc4c(-c5ccc6c(c5)-c5ccccc5C6)cc(-c5ccccc5-c5ccccc5)cc4c3c2)cc1. The minimum atomic E-state index is 1.00. The lowest BCUT2D eigenvalue weighted by Gasteiger charge is -2.14. The molecule has 8 aromatic carbocycles. The molecule has 1 heterocycles. The van der Waals surface area contributed by atoms with E-state index in [1.165, 1.54) is 98.1 Å². The Labute approximate surface area is 296 Å². The second-order valence-electron chi connectivity index (χ2n) is 13.2. The summed E-state index contributed by atoms with van der Waals surface area (Å²) in [7, 11) is 0. The molecule has 0 amide bonds. The van der Waals surface area contributed by atoms with Gasteiger partial charge in [0.05, 0.1) is 0 Å². The molecule has 1 aliphatic carbocycles. The van der Waals surface area contributed by atoms with Crippen molar-refractivity contribution in [1.82, 2.24) is 0 Å². The van der Waals surface area contributed by atoms with Gasteiger partial charge in [-0.05, 0) is 109 Å². The summed E-state index contributed by atoms with van der Waals surface area (Å²) in [5.41, 5.74) is 18.1. The molecule has 0 aliphatic heterocycles. The second-order valence-corrected chi connectivity index (χ2v) is 14.3. The van der Waals surface area contributed by atoms with Crippen molar-refractivity contribution in [3.8, 4) is 66.8 Å². The fourth-order valence-electron chi connectivity index (χ4n) is 7.92. The molecule has 0 unspecified atom stereocenters. The van der Waals surface area contributed by atoms with Crippen molar-refractivity contribution in [2.45, 2.75) is 6.42 Å². The van der Waals surface area contributed by atoms with Crippen LogP contribution in [0.4, 0.5) is 0 Å². The van der Waals surface area contributed by atoms with Gasteiger partial charge in [-0.3, -0.25) is 0 Å². The Morgan fingerprint density at radius 3 is 1.46 bits per heavy atom. The van der Waals surface area contributed by atoms with Crippen LogP contribution in [-0.2, 0) is 6.42 Å². The average Bonchev–Trinajstić information content (AvgIpc) is 3.76. The van der Waals surface area contributed by atoms with E-state index in [1.54, 1.807) is 0 Å². The van der Waals surface area contributed by atoms with E-state index in [9.17, 15) is 0 Å². The smallest absolute Gasteiger partial charge is 0.0434 e. The summed E-state index contributed by atoms with van der Waals surface area (Å²) in [5.74, 6) is 0. The Hall–Kier alpha value is -6.02. The average molecular weight is 653 g/mol. The van der Waals surface area contributed by atoms with Gasteiger partial charge < -0.3 is 0 Å². The summed E-state index contributed by atoms with van der Waals surface area (Å²) in [6.07, 6.45) is 1.00. The summed E-state index contributed by atoms with van der Waals surface area (Å²) < 4.78 is 2.64. The third kappa shape index (κ3) is 4.82. The number of benzene rings is 8. The maximum Gasteiger partial charge on any atom is 0.0434 e. The molecule has 0 saturated heterocycles. The Kier molecular flexibility index (Phi) is 6.85. The molecule has 0 bridgehead atoms. The summed E-state index contributed by atoms with van der Waals surface area (Å²) in [4.78, 5) is 0. The fourth-order valence-corrected chi connectivity index (χ4v) is 9.12. The Balaban J connectivity index is 1.23. The van der Waals surface area contributed by atoms with Crippen LogP contribution in [0.1, 0.15) is 11.1 Å².